The van der Waals surface area contributed by atoms with Crippen molar-refractivity contribution in [1.82, 2.24) is 15.1 Å². The van der Waals surface area contributed by atoms with Crippen LogP contribution in [0.25, 0.3) is 0 Å². The summed E-state index contributed by atoms with van der Waals surface area (Å²) in [5, 5.41) is 3.46. The van der Waals surface area contributed by atoms with Crippen LogP contribution < -0.4 is 5.32 Å². The first kappa shape index (κ1) is 22.9. The molecule has 7 heteroatoms. The highest BCUT2D eigenvalue weighted by atomic mass is 35.5. The van der Waals surface area contributed by atoms with Gasteiger partial charge in [0.05, 0.1) is 13.2 Å². The average Bonchev–Trinajstić information content (AvgIpc) is 2.69. The first-order valence-electron chi connectivity index (χ1n) is 8.31. The molecule has 2 saturated heterocycles. The molecule has 0 aliphatic carbocycles. The van der Waals surface area contributed by atoms with E-state index in [1.807, 2.05) is 7.05 Å². The van der Waals surface area contributed by atoms with E-state index in [-0.39, 0.29) is 30.7 Å². The van der Waals surface area contributed by atoms with Gasteiger partial charge < -0.3 is 15.0 Å². The summed E-state index contributed by atoms with van der Waals surface area (Å²) in [6.07, 6.45) is 6.19. The number of likely N-dealkylation sites (tertiary alicyclic amines) is 1. The molecule has 1 N–H and O–H groups in total. The normalized spacial score (nSPS) is 20.6. The van der Waals surface area contributed by atoms with E-state index in [0.717, 1.165) is 39.1 Å². The van der Waals surface area contributed by atoms with Gasteiger partial charge in [-0.3, -0.25) is 9.69 Å². The predicted octanol–water partition coefficient (Wildman–Crippen LogP) is 1.79. The molecule has 2 heterocycles. The van der Waals surface area contributed by atoms with Gasteiger partial charge >= 0.3 is 0 Å². The molecular weight excluding hydrogens is 337 g/mol. The maximum absolute atomic E-state index is 12.4. The minimum atomic E-state index is 0. The van der Waals surface area contributed by atoms with E-state index in [4.69, 9.17) is 4.74 Å². The number of nitrogens with one attached hydrogen (secondary N) is 1. The first-order valence-corrected chi connectivity index (χ1v) is 8.31. The highest BCUT2D eigenvalue weighted by Crippen LogP contribution is 2.39. The van der Waals surface area contributed by atoms with Crippen LogP contribution in [0.5, 0.6) is 0 Å². The monoisotopic (exact) mass is 369 g/mol. The van der Waals surface area contributed by atoms with E-state index in [9.17, 15) is 4.79 Å². The Kier molecular flexibility index (Phi) is 11.4. The number of hydrogen-bond acceptors (Lipinski definition) is 4. The molecule has 0 aromatic heterocycles. The van der Waals surface area contributed by atoms with Gasteiger partial charge in [-0.25, -0.2) is 0 Å². The van der Waals surface area contributed by atoms with Gasteiger partial charge in [-0.05, 0) is 57.7 Å². The van der Waals surface area contributed by atoms with Crippen molar-refractivity contribution >= 4 is 30.7 Å². The van der Waals surface area contributed by atoms with Crippen molar-refractivity contribution in [2.24, 2.45) is 5.41 Å². The van der Waals surface area contributed by atoms with Crippen LogP contribution in [0.3, 0.4) is 0 Å². The molecule has 23 heavy (non-hydrogen) atoms. The molecule has 0 aromatic rings. The van der Waals surface area contributed by atoms with Gasteiger partial charge in [-0.15, -0.1) is 24.8 Å². The molecular formula is C16H33Cl2N3O2. The molecule has 0 unspecified atom stereocenters. The molecule has 0 saturated carbocycles. The summed E-state index contributed by atoms with van der Waals surface area (Å²) < 4.78 is 5.06. The van der Waals surface area contributed by atoms with E-state index < -0.39 is 0 Å². The number of piperidine rings is 1. The van der Waals surface area contributed by atoms with Crippen molar-refractivity contribution in [2.75, 3.05) is 60.0 Å². The van der Waals surface area contributed by atoms with E-state index in [2.05, 4.69) is 15.1 Å². The fraction of sp³-hybridized carbons (Fsp3) is 0.938. The van der Waals surface area contributed by atoms with Crippen LogP contribution in [-0.4, -0.2) is 75.7 Å². The summed E-state index contributed by atoms with van der Waals surface area (Å²) in [5.74, 6) is 0.277. The number of carbonyl (C=O) groups excluding carboxylic acids is 1. The van der Waals surface area contributed by atoms with Crippen molar-refractivity contribution in [1.29, 1.82) is 0 Å². The molecule has 2 aliphatic heterocycles. The lowest BCUT2D eigenvalue weighted by molar-refractivity contribution is -0.132. The van der Waals surface area contributed by atoms with Gasteiger partial charge in [-0.2, -0.15) is 0 Å². The third-order valence-corrected chi connectivity index (χ3v) is 5.15. The number of rotatable bonds is 5. The molecule has 1 amide bonds. The van der Waals surface area contributed by atoms with Crippen molar-refractivity contribution in [3.8, 4) is 0 Å². The Balaban J connectivity index is 0.00000242. The number of methoxy groups -OCH3 is 1. The van der Waals surface area contributed by atoms with Gasteiger partial charge in [0.2, 0.25) is 5.91 Å². The average molecular weight is 370 g/mol. The van der Waals surface area contributed by atoms with Gasteiger partial charge in [0.1, 0.15) is 0 Å². The fourth-order valence-corrected chi connectivity index (χ4v) is 3.62. The van der Waals surface area contributed by atoms with Gasteiger partial charge in [-0.1, -0.05) is 0 Å². The molecule has 138 valence electrons. The number of ether oxygens (including phenoxy) is 1. The van der Waals surface area contributed by atoms with Crippen LogP contribution in [0.1, 0.15) is 32.1 Å². The summed E-state index contributed by atoms with van der Waals surface area (Å²) in [5.41, 5.74) is 0.502. The number of nitrogens with zero attached hydrogens (tertiary/aromatic N) is 2. The molecule has 2 fully saturated rings. The molecule has 0 atom stereocenters. The summed E-state index contributed by atoms with van der Waals surface area (Å²) in [4.78, 5) is 16.6. The number of hydrogen-bond donors (Lipinski definition) is 1. The Morgan fingerprint density at radius 3 is 2.52 bits per heavy atom. The fourth-order valence-electron chi connectivity index (χ4n) is 3.62. The zero-order chi connectivity index (χ0) is 15.1. The molecule has 0 radical (unpaired) electrons. The van der Waals surface area contributed by atoms with Gasteiger partial charge in [0, 0.05) is 26.7 Å². The van der Waals surface area contributed by atoms with Crippen LogP contribution in [0, 0.1) is 5.41 Å². The van der Waals surface area contributed by atoms with Crippen LogP contribution >= 0.6 is 24.8 Å². The highest BCUT2D eigenvalue weighted by Gasteiger charge is 2.34. The molecule has 0 bridgehead atoms. The molecule has 1 spiro atoms. The third kappa shape index (κ3) is 7.14. The summed E-state index contributed by atoms with van der Waals surface area (Å²) in [6, 6.07) is 0. The van der Waals surface area contributed by atoms with Gasteiger partial charge in [0.25, 0.3) is 0 Å². The smallest absolute Gasteiger partial charge is 0.236 e. The lowest BCUT2D eigenvalue weighted by atomic mass is 9.73. The Morgan fingerprint density at radius 2 is 1.87 bits per heavy atom. The Labute approximate surface area is 153 Å². The standard InChI is InChI=1S/C16H31N3O2.2ClH/c1-18(12-13-21-2)14-15(20)19-10-3-4-16(7-11-19)5-8-17-9-6-16;;/h17H,3-14H2,1-2H3;2*1H. The van der Waals surface area contributed by atoms with Crippen LogP contribution in [-0.2, 0) is 9.53 Å². The molecule has 2 aliphatic rings. The summed E-state index contributed by atoms with van der Waals surface area (Å²) >= 11 is 0. The Bertz CT molecular complexity index is 339. The second-order valence-corrected chi connectivity index (χ2v) is 6.71. The first-order chi connectivity index (χ1) is 10.2. The molecule has 5 nitrogen and oxygen atoms in total. The zero-order valence-corrected chi connectivity index (χ0v) is 16.1. The third-order valence-electron chi connectivity index (χ3n) is 5.15. The Morgan fingerprint density at radius 1 is 1.17 bits per heavy atom. The summed E-state index contributed by atoms with van der Waals surface area (Å²) in [7, 11) is 3.69. The summed E-state index contributed by atoms with van der Waals surface area (Å²) in [6.45, 7) is 6.17. The van der Waals surface area contributed by atoms with Crippen molar-refractivity contribution in [2.45, 2.75) is 32.1 Å². The van der Waals surface area contributed by atoms with Crippen molar-refractivity contribution in [3.05, 3.63) is 0 Å². The number of carbonyl (C=O) groups is 1. The van der Waals surface area contributed by atoms with Gasteiger partial charge in [0.15, 0.2) is 0 Å². The van der Waals surface area contributed by atoms with Crippen molar-refractivity contribution in [3.63, 3.8) is 0 Å². The second kappa shape index (κ2) is 11.5. The van der Waals surface area contributed by atoms with E-state index >= 15 is 0 Å². The minimum Gasteiger partial charge on any atom is -0.383 e. The zero-order valence-electron chi connectivity index (χ0n) is 14.5. The lowest BCUT2D eigenvalue weighted by Gasteiger charge is -2.37. The number of amides is 1. The SMILES string of the molecule is COCCN(C)CC(=O)N1CCCC2(CCNCC2)CC1.Cl.Cl. The van der Waals surface area contributed by atoms with Crippen molar-refractivity contribution < 1.29 is 9.53 Å². The van der Waals surface area contributed by atoms with Crippen LogP contribution in [0.4, 0.5) is 0 Å². The maximum atomic E-state index is 12.4. The second-order valence-electron chi connectivity index (χ2n) is 6.71. The minimum absolute atomic E-state index is 0. The lowest BCUT2D eigenvalue weighted by Crippen LogP contribution is -2.41. The quantitative estimate of drug-likeness (QED) is 0.802. The number of likely N-dealkylation sites (N-methyl/N-ethyl adjacent to an activating group) is 1. The van der Waals surface area contributed by atoms with Crippen LogP contribution in [0.2, 0.25) is 0 Å². The highest BCUT2D eigenvalue weighted by molar-refractivity contribution is 5.85. The predicted molar refractivity (Wildman–Crippen MR) is 98.8 cm³/mol. The van der Waals surface area contributed by atoms with Crippen LogP contribution in [0.15, 0.2) is 0 Å². The van der Waals surface area contributed by atoms with E-state index in [0.29, 0.717) is 18.6 Å². The van der Waals surface area contributed by atoms with E-state index in [1.165, 1.54) is 25.7 Å². The number of halogens is 2. The Hall–Kier alpha value is -0.0700. The maximum Gasteiger partial charge on any atom is 0.236 e. The van der Waals surface area contributed by atoms with E-state index in [1.54, 1.807) is 7.11 Å². The topological polar surface area (TPSA) is 44.8 Å². The molecule has 2 rings (SSSR count). The largest absolute Gasteiger partial charge is 0.383 e. The molecule has 0 aromatic carbocycles.